The van der Waals surface area contributed by atoms with Crippen molar-refractivity contribution in [1.82, 2.24) is 5.32 Å². The highest BCUT2D eigenvalue weighted by Crippen LogP contribution is 2.26. The Morgan fingerprint density at radius 2 is 2.00 bits per heavy atom. The Balaban J connectivity index is 2.29. The normalized spacial score (nSPS) is 12.7. The second kappa shape index (κ2) is 8.92. The minimum atomic E-state index is 0.267. The van der Waals surface area contributed by atoms with Gasteiger partial charge in [-0.15, -0.1) is 0 Å². The predicted octanol–water partition coefficient (Wildman–Crippen LogP) is 4.31. The SMILES string of the molecule is CC(NCCCCCCO)c1ccc(Br)cc1Cl. The Bertz CT molecular complexity index is 360. The number of rotatable bonds is 8. The number of hydrogen-bond acceptors (Lipinski definition) is 2. The fourth-order valence-corrected chi connectivity index (χ4v) is 2.71. The van der Waals surface area contributed by atoms with Crippen LogP contribution in [0.2, 0.25) is 5.02 Å². The Labute approximate surface area is 123 Å². The van der Waals surface area contributed by atoms with Crippen molar-refractivity contribution in [3.63, 3.8) is 0 Å². The maximum absolute atomic E-state index is 8.68. The molecule has 1 aromatic carbocycles. The van der Waals surface area contributed by atoms with Gasteiger partial charge >= 0.3 is 0 Å². The van der Waals surface area contributed by atoms with Crippen molar-refractivity contribution in [2.45, 2.75) is 38.6 Å². The summed E-state index contributed by atoms with van der Waals surface area (Å²) in [5.74, 6) is 0. The molecule has 1 rings (SSSR count). The van der Waals surface area contributed by atoms with Gasteiger partial charge in [-0.1, -0.05) is 46.4 Å². The zero-order valence-corrected chi connectivity index (χ0v) is 13.1. The van der Waals surface area contributed by atoms with Crippen molar-refractivity contribution in [2.24, 2.45) is 0 Å². The fourth-order valence-electron chi connectivity index (χ4n) is 1.87. The molecule has 0 bridgehead atoms. The molecule has 2 N–H and O–H groups in total. The minimum Gasteiger partial charge on any atom is -0.396 e. The van der Waals surface area contributed by atoms with Gasteiger partial charge in [0.1, 0.15) is 0 Å². The monoisotopic (exact) mass is 333 g/mol. The number of aliphatic hydroxyl groups is 1. The number of unbranched alkanes of at least 4 members (excludes halogenated alkanes) is 3. The second-order valence-corrected chi connectivity index (χ2v) is 5.80. The smallest absolute Gasteiger partial charge is 0.0464 e. The zero-order valence-electron chi connectivity index (χ0n) is 10.8. The lowest BCUT2D eigenvalue weighted by molar-refractivity contribution is 0.282. The molecule has 0 amide bonds. The first-order valence-corrected chi connectivity index (χ1v) is 7.61. The second-order valence-electron chi connectivity index (χ2n) is 4.48. The third-order valence-electron chi connectivity index (χ3n) is 2.96. The molecule has 4 heteroatoms. The van der Waals surface area contributed by atoms with Crippen LogP contribution < -0.4 is 5.32 Å². The predicted molar refractivity (Wildman–Crippen MR) is 81.1 cm³/mol. The summed E-state index contributed by atoms with van der Waals surface area (Å²) in [6.45, 7) is 3.42. The van der Waals surface area contributed by atoms with E-state index >= 15 is 0 Å². The van der Waals surface area contributed by atoms with Gasteiger partial charge in [0.05, 0.1) is 0 Å². The molecule has 1 aromatic rings. The van der Waals surface area contributed by atoms with E-state index in [9.17, 15) is 0 Å². The van der Waals surface area contributed by atoms with Gasteiger partial charge in [0.15, 0.2) is 0 Å². The van der Waals surface area contributed by atoms with Crippen LogP contribution >= 0.6 is 27.5 Å². The molecular weight excluding hydrogens is 314 g/mol. The maximum atomic E-state index is 8.68. The van der Waals surface area contributed by atoms with Crippen LogP contribution in [0.15, 0.2) is 22.7 Å². The summed E-state index contributed by atoms with van der Waals surface area (Å²) in [7, 11) is 0. The van der Waals surface area contributed by atoms with Crippen molar-refractivity contribution in [1.29, 1.82) is 0 Å². The minimum absolute atomic E-state index is 0.267. The van der Waals surface area contributed by atoms with Gasteiger partial charge < -0.3 is 10.4 Å². The molecule has 0 heterocycles. The lowest BCUT2D eigenvalue weighted by Crippen LogP contribution is -2.20. The van der Waals surface area contributed by atoms with Crippen molar-refractivity contribution < 1.29 is 5.11 Å². The molecule has 0 aliphatic heterocycles. The Kier molecular flexibility index (Phi) is 7.91. The van der Waals surface area contributed by atoms with Crippen molar-refractivity contribution in [3.05, 3.63) is 33.3 Å². The molecule has 2 nitrogen and oxygen atoms in total. The topological polar surface area (TPSA) is 32.3 Å². The largest absolute Gasteiger partial charge is 0.396 e. The first-order valence-electron chi connectivity index (χ1n) is 6.44. The average Bonchev–Trinajstić information content (AvgIpc) is 2.33. The van der Waals surface area contributed by atoms with Crippen LogP contribution in [0.25, 0.3) is 0 Å². The van der Waals surface area contributed by atoms with Gasteiger partial charge in [0.2, 0.25) is 0 Å². The van der Waals surface area contributed by atoms with E-state index in [2.05, 4.69) is 34.2 Å². The van der Waals surface area contributed by atoms with Crippen LogP contribution in [0.5, 0.6) is 0 Å². The van der Waals surface area contributed by atoms with E-state index in [1.165, 1.54) is 0 Å². The Morgan fingerprint density at radius 1 is 1.28 bits per heavy atom. The maximum Gasteiger partial charge on any atom is 0.0464 e. The first kappa shape index (κ1) is 16.0. The highest BCUT2D eigenvalue weighted by Gasteiger charge is 2.08. The highest BCUT2D eigenvalue weighted by molar-refractivity contribution is 9.10. The van der Waals surface area contributed by atoms with E-state index in [-0.39, 0.29) is 6.04 Å². The van der Waals surface area contributed by atoms with E-state index in [0.29, 0.717) is 6.61 Å². The van der Waals surface area contributed by atoms with E-state index in [1.807, 2.05) is 12.1 Å². The van der Waals surface area contributed by atoms with Crippen molar-refractivity contribution in [2.75, 3.05) is 13.2 Å². The lowest BCUT2D eigenvalue weighted by Gasteiger charge is -2.15. The summed E-state index contributed by atoms with van der Waals surface area (Å²) >= 11 is 9.62. The molecule has 0 saturated heterocycles. The number of hydrogen-bond donors (Lipinski definition) is 2. The molecule has 1 unspecified atom stereocenters. The van der Waals surface area contributed by atoms with Gasteiger partial charge in [-0.2, -0.15) is 0 Å². The number of halogens is 2. The summed E-state index contributed by atoms with van der Waals surface area (Å²) < 4.78 is 1.01. The molecule has 102 valence electrons. The molecule has 0 fully saturated rings. The van der Waals surface area contributed by atoms with E-state index in [1.54, 1.807) is 0 Å². The Morgan fingerprint density at radius 3 is 2.67 bits per heavy atom. The molecule has 0 aliphatic rings. The number of aliphatic hydroxyl groups excluding tert-OH is 1. The van der Waals surface area contributed by atoms with Gasteiger partial charge in [0, 0.05) is 22.1 Å². The van der Waals surface area contributed by atoms with Crippen molar-refractivity contribution in [3.8, 4) is 0 Å². The van der Waals surface area contributed by atoms with Crippen LogP contribution in [0.1, 0.15) is 44.2 Å². The quantitative estimate of drug-likeness (QED) is 0.694. The lowest BCUT2D eigenvalue weighted by atomic mass is 10.1. The third kappa shape index (κ3) is 5.70. The Hall–Kier alpha value is -0.0900. The molecular formula is C14H21BrClNO. The van der Waals surface area contributed by atoms with E-state index in [4.69, 9.17) is 16.7 Å². The summed E-state index contributed by atoms with van der Waals surface area (Å²) in [6, 6.07) is 6.26. The van der Waals surface area contributed by atoms with Crippen molar-refractivity contribution >= 4 is 27.5 Å². The first-order chi connectivity index (χ1) is 8.65. The van der Waals surface area contributed by atoms with Crippen LogP contribution in [-0.2, 0) is 0 Å². The third-order valence-corrected chi connectivity index (χ3v) is 3.78. The van der Waals surface area contributed by atoms with E-state index in [0.717, 1.165) is 47.3 Å². The van der Waals surface area contributed by atoms with E-state index < -0.39 is 0 Å². The van der Waals surface area contributed by atoms with Gasteiger partial charge in [-0.3, -0.25) is 0 Å². The summed E-state index contributed by atoms with van der Waals surface area (Å²) in [6.07, 6.45) is 4.31. The molecule has 0 aliphatic carbocycles. The van der Waals surface area contributed by atoms with Crippen LogP contribution in [-0.4, -0.2) is 18.3 Å². The number of nitrogens with one attached hydrogen (secondary N) is 1. The molecule has 0 saturated carbocycles. The van der Waals surface area contributed by atoms with Crippen LogP contribution in [0.4, 0.5) is 0 Å². The molecule has 0 radical (unpaired) electrons. The fraction of sp³-hybridized carbons (Fsp3) is 0.571. The number of benzene rings is 1. The molecule has 18 heavy (non-hydrogen) atoms. The van der Waals surface area contributed by atoms with Crippen LogP contribution in [0.3, 0.4) is 0 Å². The van der Waals surface area contributed by atoms with Gasteiger partial charge in [-0.25, -0.2) is 0 Å². The highest BCUT2D eigenvalue weighted by atomic mass is 79.9. The van der Waals surface area contributed by atoms with Gasteiger partial charge in [0.25, 0.3) is 0 Å². The standard InChI is InChI=1S/C14H21BrClNO/c1-11(17-8-4-2-3-5-9-18)13-7-6-12(15)10-14(13)16/h6-7,10-11,17-18H,2-5,8-9H2,1H3. The summed E-state index contributed by atoms with van der Waals surface area (Å²) in [5.41, 5.74) is 1.13. The summed E-state index contributed by atoms with van der Waals surface area (Å²) in [4.78, 5) is 0. The molecule has 1 atom stereocenters. The van der Waals surface area contributed by atoms with Gasteiger partial charge in [-0.05, 0) is 44.0 Å². The average molecular weight is 335 g/mol. The summed E-state index contributed by atoms with van der Waals surface area (Å²) in [5, 5.41) is 12.9. The molecule has 0 spiro atoms. The molecule has 0 aromatic heterocycles. The van der Waals surface area contributed by atoms with Crippen LogP contribution in [0, 0.1) is 0 Å². The zero-order chi connectivity index (χ0) is 13.4.